The van der Waals surface area contributed by atoms with E-state index in [9.17, 15) is 8.78 Å². The minimum atomic E-state index is -0.534. The summed E-state index contributed by atoms with van der Waals surface area (Å²) in [6.45, 7) is 0.683. The number of aromatic nitrogens is 2. The van der Waals surface area contributed by atoms with E-state index in [4.69, 9.17) is 0 Å². The largest absolute Gasteiger partial charge is 0.308 e. The van der Waals surface area contributed by atoms with E-state index in [0.717, 1.165) is 5.01 Å². The molecule has 0 unspecified atom stereocenters. The van der Waals surface area contributed by atoms with Crippen molar-refractivity contribution in [3.8, 4) is 0 Å². The second-order valence-corrected chi connectivity index (χ2v) is 5.77. The number of rotatable bonds is 5. The normalized spacial score (nSPS) is 14.8. The second-order valence-electron chi connectivity index (χ2n) is 4.62. The molecular formula is C13H13F2N3S. The fourth-order valence-electron chi connectivity index (χ4n) is 1.80. The third-order valence-corrected chi connectivity index (χ3v) is 3.94. The molecule has 2 aromatic rings. The third-order valence-electron chi connectivity index (χ3n) is 3.02. The minimum absolute atomic E-state index is 0.0559. The van der Waals surface area contributed by atoms with Gasteiger partial charge in [-0.15, -0.1) is 10.2 Å². The van der Waals surface area contributed by atoms with Gasteiger partial charge in [-0.2, -0.15) is 0 Å². The number of hydrogen-bond acceptors (Lipinski definition) is 4. The van der Waals surface area contributed by atoms with E-state index in [1.165, 1.54) is 42.4 Å². The molecular weight excluding hydrogens is 268 g/mol. The molecule has 19 heavy (non-hydrogen) atoms. The number of hydrogen-bond donors (Lipinski definition) is 1. The lowest BCUT2D eigenvalue weighted by atomic mass is 10.1. The summed E-state index contributed by atoms with van der Waals surface area (Å²) in [5, 5.41) is 12.8. The molecule has 0 spiro atoms. The Morgan fingerprint density at radius 3 is 2.53 bits per heavy atom. The Kier molecular flexibility index (Phi) is 3.52. The van der Waals surface area contributed by atoms with Crippen molar-refractivity contribution in [2.45, 2.75) is 31.8 Å². The van der Waals surface area contributed by atoms with E-state index in [1.807, 2.05) is 0 Å². The van der Waals surface area contributed by atoms with Crippen molar-refractivity contribution < 1.29 is 8.78 Å². The van der Waals surface area contributed by atoms with Crippen LogP contribution in [-0.4, -0.2) is 16.2 Å². The van der Waals surface area contributed by atoms with Crippen LogP contribution in [0.2, 0.25) is 0 Å². The van der Waals surface area contributed by atoms with Crippen molar-refractivity contribution in [3.63, 3.8) is 0 Å². The molecule has 1 N–H and O–H groups in total. The topological polar surface area (TPSA) is 37.8 Å². The van der Waals surface area contributed by atoms with Crippen LogP contribution in [-0.2, 0) is 13.0 Å². The molecule has 3 rings (SSSR count). The zero-order valence-electron chi connectivity index (χ0n) is 10.2. The summed E-state index contributed by atoms with van der Waals surface area (Å²) in [6.07, 6.45) is 2.58. The van der Waals surface area contributed by atoms with Gasteiger partial charge in [0.25, 0.3) is 0 Å². The SMILES string of the molecule is Fc1cccc(F)c1Cc1nnc(CNC2CC2)s1. The highest BCUT2D eigenvalue weighted by Gasteiger charge is 2.21. The average Bonchev–Trinajstić information content (AvgIpc) is 3.11. The quantitative estimate of drug-likeness (QED) is 0.915. The molecule has 1 aromatic heterocycles. The molecule has 0 atom stereocenters. The van der Waals surface area contributed by atoms with Crippen LogP contribution < -0.4 is 5.32 Å². The fraction of sp³-hybridized carbons (Fsp3) is 0.385. The monoisotopic (exact) mass is 281 g/mol. The van der Waals surface area contributed by atoms with Crippen molar-refractivity contribution in [2.24, 2.45) is 0 Å². The number of benzene rings is 1. The summed E-state index contributed by atoms with van der Waals surface area (Å²) in [7, 11) is 0. The van der Waals surface area contributed by atoms with Gasteiger partial charge in [0.2, 0.25) is 0 Å². The maximum atomic E-state index is 13.5. The number of nitrogens with one attached hydrogen (secondary N) is 1. The molecule has 6 heteroatoms. The van der Waals surface area contributed by atoms with E-state index in [1.54, 1.807) is 0 Å². The van der Waals surface area contributed by atoms with Gasteiger partial charge in [-0.25, -0.2) is 8.78 Å². The number of nitrogens with zero attached hydrogens (tertiary/aromatic N) is 2. The van der Waals surface area contributed by atoms with Gasteiger partial charge in [-0.3, -0.25) is 0 Å². The fourth-order valence-corrected chi connectivity index (χ4v) is 2.61. The van der Waals surface area contributed by atoms with Crippen LogP contribution in [0.1, 0.15) is 28.4 Å². The maximum Gasteiger partial charge on any atom is 0.131 e. The van der Waals surface area contributed by atoms with Gasteiger partial charge in [-0.05, 0) is 25.0 Å². The van der Waals surface area contributed by atoms with E-state index in [0.29, 0.717) is 17.6 Å². The van der Waals surface area contributed by atoms with Gasteiger partial charge in [0.15, 0.2) is 0 Å². The molecule has 0 radical (unpaired) electrons. The molecule has 0 aliphatic heterocycles. The third kappa shape index (κ3) is 3.13. The Balaban J connectivity index is 1.68. The molecule has 0 amide bonds. The van der Waals surface area contributed by atoms with Gasteiger partial charge in [0, 0.05) is 24.6 Å². The van der Waals surface area contributed by atoms with E-state index < -0.39 is 11.6 Å². The summed E-state index contributed by atoms with van der Waals surface area (Å²) in [4.78, 5) is 0. The molecule has 1 fully saturated rings. The first-order valence-corrected chi connectivity index (χ1v) is 7.01. The Hall–Kier alpha value is -1.40. The predicted octanol–water partition coefficient (Wildman–Crippen LogP) is 2.66. The van der Waals surface area contributed by atoms with Crippen LogP contribution in [0.3, 0.4) is 0 Å². The summed E-state index contributed by atoms with van der Waals surface area (Å²) in [5.41, 5.74) is 0.0559. The van der Waals surface area contributed by atoms with Crippen LogP contribution in [0, 0.1) is 11.6 Å². The van der Waals surface area contributed by atoms with Gasteiger partial charge in [0.1, 0.15) is 21.6 Å². The number of halogens is 2. The molecule has 1 aromatic carbocycles. The summed E-state index contributed by atoms with van der Waals surface area (Å²) in [5.74, 6) is -1.07. The van der Waals surface area contributed by atoms with Crippen molar-refractivity contribution in [3.05, 3.63) is 45.4 Å². The lowest BCUT2D eigenvalue weighted by molar-refractivity contribution is 0.561. The highest BCUT2D eigenvalue weighted by Crippen LogP contribution is 2.22. The standard InChI is InChI=1S/C13H13F2N3S/c14-10-2-1-3-11(15)9(10)6-12-17-18-13(19-12)7-16-8-4-5-8/h1-3,8,16H,4-7H2. The molecule has 100 valence electrons. The Morgan fingerprint density at radius 1 is 1.16 bits per heavy atom. The molecule has 1 heterocycles. The van der Waals surface area contributed by atoms with Crippen LogP contribution in [0.4, 0.5) is 8.78 Å². The van der Waals surface area contributed by atoms with E-state index in [-0.39, 0.29) is 12.0 Å². The van der Waals surface area contributed by atoms with E-state index >= 15 is 0 Å². The van der Waals surface area contributed by atoms with Crippen LogP contribution in [0.25, 0.3) is 0 Å². The zero-order chi connectivity index (χ0) is 13.2. The molecule has 0 saturated heterocycles. The lowest BCUT2D eigenvalue weighted by Crippen LogP contribution is -2.14. The van der Waals surface area contributed by atoms with Crippen LogP contribution in [0.15, 0.2) is 18.2 Å². The van der Waals surface area contributed by atoms with Crippen molar-refractivity contribution in [2.75, 3.05) is 0 Å². The second kappa shape index (κ2) is 5.30. The van der Waals surface area contributed by atoms with Crippen molar-refractivity contribution in [1.82, 2.24) is 15.5 Å². The van der Waals surface area contributed by atoms with Crippen LogP contribution in [0.5, 0.6) is 0 Å². The summed E-state index contributed by atoms with van der Waals surface area (Å²) < 4.78 is 27.0. The first kappa shape index (κ1) is 12.6. The van der Waals surface area contributed by atoms with Crippen LogP contribution >= 0.6 is 11.3 Å². The van der Waals surface area contributed by atoms with E-state index in [2.05, 4.69) is 15.5 Å². The highest BCUT2D eigenvalue weighted by molar-refractivity contribution is 7.11. The smallest absolute Gasteiger partial charge is 0.131 e. The maximum absolute atomic E-state index is 13.5. The highest BCUT2D eigenvalue weighted by atomic mass is 32.1. The summed E-state index contributed by atoms with van der Waals surface area (Å²) >= 11 is 1.40. The zero-order valence-corrected chi connectivity index (χ0v) is 11.0. The summed E-state index contributed by atoms with van der Waals surface area (Å²) in [6, 6.07) is 4.49. The molecule has 3 nitrogen and oxygen atoms in total. The molecule has 1 aliphatic rings. The Bertz CT molecular complexity index is 561. The van der Waals surface area contributed by atoms with Gasteiger partial charge in [0.05, 0.1) is 0 Å². The van der Waals surface area contributed by atoms with Gasteiger partial charge in [-0.1, -0.05) is 17.4 Å². The Morgan fingerprint density at radius 2 is 1.84 bits per heavy atom. The Labute approximate surface area is 113 Å². The predicted molar refractivity (Wildman–Crippen MR) is 68.9 cm³/mol. The average molecular weight is 281 g/mol. The molecule has 1 aliphatic carbocycles. The first-order chi connectivity index (χ1) is 9.22. The lowest BCUT2D eigenvalue weighted by Gasteiger charge is -2.01. The minimum Gasteiger partial charge on any atom is -0.308 e. The molecule has 1 saturated carbocycles. The first-order valence-electron chi connectivity index (χ1n) is 6.20. The van der Waals surface area contributed by atoms with Crippen molar-refractivity contribution >= 4 is 11.3 Å². The van der Waals surface area contributed by atoms with Crippen molar-refractivity contribution in [1.29, 1.82) is 0 Å². The van der Waals surface area contributed by atoms with Gasteiger partial charge < -0.3 is 5.32 Å². The van der Waals surface area contributed by atoms with Gasteiger partial charge >= 0.3 is 0 Å². The molecule has 0 bridgehead atoms.